The zero-order valence-corrected chi connectivity index (χ0v) is 14.4. The second-order valence-corrected chi connectivity index (χ2v) is 7.13. The number of carboxylic acids is 1. The first-order chi connectivity index (χ1) is 11.7. The zero-order chi connectivity index (χ0) is 16.8. The highest BCUT2D eigenvalue weighted by Crippen LogP contribution is 2.20. The number of nitrogens with one attached hydrogen (secondary N) is 1. The van der Waals surface area contributed by atoms with Crippen LogP contribution in [-0.4, -0.2) is 40.6 Å². The highest BCUT2D eigenvalue weighted by Gasteiger charge is 2.12. The molecule has 3 rings (SSSR count). The van der Waals surface area contributed by atoms with Crippen molar-refractivity contribution in [2.45, 2.75) is 13.1 Å². The van der Waals surface area contributed by atoms with Gasteiger partial charge in [-0.05, 0) is 29.3 Å². The van der Waals surface area contributed by atoms with E-state index in [-0.39, 0.29) is 0 Å². The van der Waals surface area contributed by atoms with Gasteiger partial charge in [0.25, 0.3) is 0 Å². The highest BCUT2D eigenvalue weighted by atomic mass is 32.2. The number of nitrogens with zero attached hydrogens (tertiary/aromatic N) is 1. The van der Waals surface area contributed by atoms with Gasteiger partial charge in [-0.2, -0.15) is 11.8 Å². The van der Waals surface area contributed by atoms with Gasteiger partial charge in [0.2, 0.25) is 0 Å². The van der Waals surface area contributed by atoms with E-state index in [1.807, 2.05) is 30.0 Å². The maximum atomic E-state index is 10.9. The van der Waals surface area contributed by atoms with Crippen LogP contribution in [0, 0.1) is 0 Å². The molecule has 1 fully saturated rings. The van der Waals surface area contributed by atoms with Crippen LogP contribution in [0.2, 0.25) is 0 Å². The number of aromatic carboxylic acids is 1. The minimum Gasteiger partial charge on any atom is -0.478 e. The highest BCUT2D eigenvalue weighted by molar-refractivity contribution is 7.99. The van der Waals surface area contributed by atoms with Gasteiger partial charge in [-0.1, -0.05) is 30.3 Å². The predicted octanol–water partition coefficient (Wildman–Crippen LogP) is 3.55. The van der Waals surface area contributed by atoms with Crippen molar-refractivity contribution < 1.29 is 9.90 Å². The maximum absolute atomic E-state index is 10.9. The van der Waals surface area contributed by atoms with Crippen LogP contribution in [0.3, 0.4) is 0 Å². The second-order valence-electron chi connectivity index (χ2n) is 5.90. The molecule has 126 valence electrons. The molecule has 0 aromatic heterocycles. The first-order valence-corrected chi connectivity index (χ1v) is 9.32. The number of hydrogen-bond acceptors (Lipinski definition) is 4. The summed E-state index contributed by atoms with van der Waals surface area (Å²) in [6, 6.07) is 15.4. The van der Waals surface area contributed by atoms with Crippen LogP contribution in [0.4, 0.5) is 5.69 Å². The number of carboxylic acid groups (broad SMARTS) is 1. The fourth-order valence-electron chi connectivity index (χ4n) is 2.79. The summed E-state index contributed by atoms with van der Waals surface area (Å²) in [4.78, 5) is 13.4. The minimum absolute atomic E-state index is 0.321. The fourth-order valence-corrected chi connectivity index (χ4v) is 3.77. The Labute approximate surface area is 146 Å². The van der Waals surface area contributed by atoms with Gasteiger partial charge in [0.1, 0.15) is 0 Å². The average molecular weight is 342 g/mol. The molecule has 1 heterocycles. The Kier molecular flexibility index (Phi) is 5.77. The molecule has 24 heavy (non-hydrogen) atoms. The average Bonchev–Trinajstić information content (AvgIpc) is 2.62. The lowest BCUT2D eigenvalue weighted by Gasteiger charge is -2.27. The Morgan fingerprint density at radius 1 is 1.08 bits per heavy atom. The number of benzene rings is 2. The SMILES string of the molecule is O=C(O)c1ccc(CNc2ccccc2CN2CCSCC2)cc1. The summed E-state index contributed by atoms with van der Waals surface area (Å²) in [5.74, 6) is 1.54. The third-order valence-electron chi connectivity index (χ3n) is 4.20. The van der Waals surface area contributed by atoms with Crippen LogP contribution in [0.15, 0.2) is 48.5 Å². The Morgan fingerprint density at radius 3 is 2.50 bits per heavy atom. The van der Waals surface area contributed by atoms with E-state index in [4.69, 9.17) is 5.11 Å². The van der Waals surface area contributed by atoms with E-state index in [1.54, 1.807) is 12.1 Å². The number of anilines is 1. The minimum atomic E-state index is -0.889. The summed E-state index contributed by atoms with van der Waals surface area (Å²) in [5.41, 5.74) is 3.86. The van der Waals surface area contributed by atoms with E-state index in [2.05, 4.69) is 28.4 Å². The van der Waals surface area contributed by atoms with Gasteiger partial charge in [0, 0.05) is 43.4 Å². The first kappa shape index (κ1) is 16.9. The molecular formula is C19H22N2O2S. The molecule has 0 unspecified atom stereocenters. The molecule has 0 atom stereocenters. The molecule has 2 N–H and O–H groups in total. The van der Waals surface area contributed by atoms with Crippen LogP contribution in [0.25, 0.3) is 0 Å². The van der Waals surface area contributed by atoms with Crippen LogP contribution in [0.1, 0.15) is 21.5 Å². The van der Waals surface area contributed by atoms with Crippen molar-refractivity contribution in [3.63, 3.8) is 0 Å². The van der Waals surface area contributed by atoms with E-state index >= 15 is 0 Å². The number of para-hydroxylation sites is 1. The van der Waals surface area contributed by atoms with Gasteiger partial charge in [-0.15, -0.1) is 0 Å². The van der Waals surface area contributed by atoms with Crippen molar-refractivity contribution in [3.8, 4) is 0 Å². The van der Waals surface area contributed by atoms with Crippen molar-refractivity contribution in [1.82, 2.24) is 4.90 Å². The monoisotopic (exact) mass is 342 g/mol. The van der Waals surface area contributed by atoms with E-state index in [9.17, 15) is 4.79 Å². The fraction of sp³-hybridized carbons (Fsp3) is 0.316. The summed E-state index contributed by atoms with van der Waals surface area (Å²) < 4.78 is 0. The Balaban J connectivity index is 1.63. The summed E-state index contributed by atoms with van der Waals surface area (Å²) in [6.07, 6.45) is 0. The Bertz CT molecular complexity index is 682. The van der Waals surface area contributed by atoms with Crippen molar-refractivity contribution >= 4 is 23.4 Å². The first-order valence-electron chi connectivity index (χ1n) is 8.16. The molecule has 5 heteroatoms. The smallest absolute Gasteiger partial charge is 0.335 e. The molecule has 2 aromatic carbocycles. The molecule has 1 aliphatic rings. The number of thioether (sulfide) groups is 1. The van der Waals surface area contributed by atoms with Gasteiger partial charge in [-0.3, -0.25) is 4.90 Å². The van der Waals surface area contributed by atoms with Crippen molar-refractivity contribution in [3.05, 3.63) is 65.2 Å². The molecule has 0 amide bonds. The van der Waals surface area contributed by atoms with Crippen LogP contribution < -0.4 is 5.32 Å². The van der Waals surface area contributed by atoms with Gasteiger partial charge in [-0.25, -0.2) is 4.79 Å². The van der Waals surface area contributed by atoms with Gasteiger partial charge < -0.3 is 10.4 Å². The molecule has 1 saturated heterocycles. The van der Waals surface area contributed by atoms with Gasteiger partial charge in [0.15, 0.2) is 0 Å². The van der Waals surface area contributed by atoms with Crippen molar-refractivity contribution in [2.75, 3.05) is 29.9 Å². The lowest BCUT2D eigenvalue weighted by atomic mass is 10.1. The summed E-state index contributed by atoms with van der Waals surface area (Å²) in [6.45, 7) is 3.96. The zero-order valence-electron chi connectivity index (χ0n) is 13.6. The quantitative estimate of drug-likeness (QED) is 0.841. The Morgan fingerprint density at radius 2 is 1.79 bits per heavy atom. The second kappa shape index (κ2) is 8.22. The van der Waals surface area contributed by atoms with E-state index in [1.165, 1.54) is 17.1 Å². The molecule has 0 aliphatic carbocycles. The van der Waals surface area contributed by atoms with Crippen LogP contribution >= 0.6 is 11.8 Å². The molecule has 0 spiro atoms. The lowest BCUT2D eigenvalue weighted by Crippen LogP contribution is -2.32. The number of rotatable bonds is 6. The van der Waals surface area contributed by atoms with Crippen LogP contribution in [-0.2, 0) is 13.1 Å². The van der Waals surface area contributed by atoms with E-state index < -0.39 is 5.97 Å². The van der Waals surface area contributed by atoms with Crippen LogP contribution in [0.5, 0.6) is 0 Å². The molecule has 0 saturated carbocycles. The number of hydrogen-bond donors (Lipinski definition) is 2. The summed E-state index contributed by atoms with van der Waals surface area (Å²) in [7, 11) is 0. The third-order valence-corrected chi connectivity index (χ3v) is 5.14. The van der Waals surface area contributed by atoms with Gasteiger partial charge in [0.05, 0.1) is 5.56 Å². The Hall–Kier alpha value is -1.98. The summed E-state index contributed by atoms with van der Waals surface area (Å²) >= 11 is 2.03. The lowest BCUT2D eigenvalue weighted by molar-refractivity contribution is 0.0697. The predicted molar refractivity (Wildman–Crippen MR) is 99.8 cm³/mol. The molecule has 2 aromatic rings. The topological polar surface area (TPSA) is 52.6 Å². The maximum Gasteiger partial charge on any atom is 0.335 e. The van der Waals surface area contributed by atoms with Crippen molar-refractivity contribution in [2.24, 2.45) is 0 Å². The molecule has 0 bridgehead atoms. The van der Waals surface area contributed by atoms with E-state index in [0.717, 1.165) is 30.9 Å². The molecular weight excluding hydrogens is 320 g/mol. The summed E-state index contributed by atoms with van der Waals surface area (Å²) in [5, 5.41) is 12.4. The molecule has 0 radical (unpaired) electrons. The normalized spacial score (nSPS) is 15.2. The molecule has 4 nitrogen and oxygen atoms in total. The molecule has 1 aliphatic heterocycles. The number of carbonyl (C=O) groups is 1. The van der Waals surface area contributed by atoms with Gasteiger partial charge >= 0.3 is 5.97 Å². The van der Waals surface area contributed by atoms with E-state index in [0.29, 0.717) is 12.1 Å². The standard InChI is InChI=1S/C19H22N2O2S/c22-19(23)16-7-5-15(6-8-16)13-20-18-4-2-1-3-17(18)14-21-9-11-24-12-10-21/h1-8,20H,9-14H2,(H,22,23). The largest absolute Gasteiger partial charge is 0.478 e. The van der Waals surface area contributed by atoms with Crippen molar-refractivity contribution in [1.29, 1.82) is 0 Å². The third kappa shape index (κ3) is 4.52.